The van der Waals surface area contributed by atoms with Crippen LogP contribution in [0.4, 0.5) is 0 Å². The monoisotopic (exact) mass is 353 g/mol. The van der Waals surface area contributed by atoms with Crippen molar-refractivity contribution in [3.8, 4) is 0 Å². The van der Waals surface area contributed by atoms with Gasteiger partial charge in [-0.2, -0.15) is 0 Å². The van der Waals surface area contributed by atoms with Gasteiger partial charge in [-0.1, -0.05) is 13.8 Å². The highest BCUT2D eigenvalue weighted by Gasteiger charge is 2.23. The maximum Gasteiger partial charge on any atom is 0.262 e. The summed E-state index contributed by atoms with van der Waals surface area (Å²) in [6.45, 7) is 8.48. The average molecular weight is 354 g/mol. The quantitative estimate of drug-likeness (QED) is 0.765. The number of carbonyl (C=O) groups is 1. The third kappa shape index (κ3) is 5.25. The van der Waals surface area contributed by atoms with Crippen molar-refractivity contribution in [3.05, 3.63) is 15.8 Å². The molecule has 120 valence electrons. The molecule has 0 radical (unpaired) electrons. The Balaban J connectivity index is 2.88. The Kier molecular flexibility index (Phi) is 6.65. The van der Waals surface area contributed by atoms with E-state index in [-0.39, 0.29) is 22.8 Å². The van der Waals surface area contributed by atoms with Gasteiger partial charge in [0.2, 0.25) is 0 Å². The molecule has 1 unspecified atom stereocenters. The van der Waals surface area contributed by atoms with Crippen molar-refractivity contribution >= 4 is 37.0 Å². The molecule has 0 aliphatic rings. The maximum absolute atomic E-state index is 12.2. The molecule has 0 fully saturated rings. The van der Waals surface area contributed by atoms with Gasteiger partial charge in [0.05, 0.1) is 22.4 Å². The first-order chi connectivity index (χ1) is 9.66. The Morgan fingerprint density at radius 2 is 2.10 bits per heavy atom. The molecule has 0 saturated heterocycles. The zero-order chi connectivity index (χ0) is 16.2. The zero-order valence-corrected chi connectivity index (χ0v) is 14.9. The van der Waals surface area contributed by atoms with E-state index in [1.54, 1.807) is 6.92 Å². The van der Waals surface area contributed by atoms with Gasteiger partial charge in [-0.15, -0.1) is 11.3 Å². The van der Waals surface area contributed by atoms with Gasteiger partial charge < -0.3 is 10.1 Å². The molecule has 0 aliphatic heterocycles. The van der Waals surface area contributed by atoms with E-state index in [1.807, 2.05) is 20.8 Å². The van der Waals surface area contributed by atoms with Crippen LogP contribution in [0.5, 0.6) is 0 Å². The molecular weight excluding hydrogens is 334 g/mol. The molecule has 0 aliphatic carbocycles. The van der Waals surface area contributed by atoms with Crippen LogP contribution in [-0.4, -0.2) is 33.6 Å². The van der Waals surface area contributed by atoms with Crippen molar-refractivity contribution in [2.45, 2.75) is 38.6 Å². The highest BCUT2D eigenvalue weighted by Crippen LogP contribution is 2.28. The summed E-state index contributed by atoms with van der Waals surface area (Å²) >= 11 is 1.11. The van der Waals surface area contributed by atoms with Gasteiger partial charge in [0.25, 0.3) is 15.0 Å². The average Bonchev–Trinajstić information content (AvgIpc) is 2.76. The minimum Gasteiger partial charge on any atom is -0.380 e. The fourth-order valence-corrected chi connectivity index (χ4v) is 4.27. The van der Waals surface area contributed by atoms with Gasteiger partial charge in [-0.3, -0.25) is 4.79 Å². The third-order valence-corrected chi connectivity index (χ3v) is 5.61. The minimum absolute atomic E-state index is 0.00905. The molecule has 1 aromatic heterocycles. The van der Waals surface area contributed by atoms with Crippen molar-refractivity contribution in [1.82, 2.24) is 5.32 Å². The molecule has 0 saturated carbocycles. The van der Waals surface area contributed by atoms with Crippen LogP contribution in [0.3, 0.4) is 0 Å². The van der Waals surface area contributed by atoms with Crippen LogP contribution in [0.2, 0.25) is 0 Å². The van der Waals surface area contributed by atoms with Crippen molar-refractivity contribution in [2.24, 2.45) is 5.92 Å². The van der Waals surface area contributed by atoms with Crippen LogP contribution in [-0.2, 0) is 13.8 Å². The second kappa shape index (κ2) is 7.58. The summed E-state index contributed by atoms with van der Waals surface area (Å²) in [6.07, 6.45) is 0. The summed E-state index contributed by atoms with van der Waals surface area (Å²) in [5.41, 5.74) is 0. The number of hydrogen-bond acceptors (Lipinski definition) is 5. The first-order valence-electron chi connectivity index (χ1n) is 6.60. The second-order valence-corrected chi connectivity index (χ2v) is 8.74. The Hall–Kier alpha value is -0.630. The van der Waals surface area contributed by atoms with Crippen LogP contribution in [0.1, 0.15) is 35.3 Å². The number of aryl methyl sites for hydroxylation is 1. The van der Waals surface area contributed by atoms with Gasteiger partial charge in [-0.05, 0) is 25.8 Å². The highest BCUT2D eigenvalue weighted by atomic mass is 35.7. The van der Waals surface area contributed by atoms with Gasteiger partial charge in [0, 0.05) is 22.2 Å². The molecule has 5 nitrogen and oxygen atoms in total. The third-order valence-electron chi connectivity index (χ3n) is 2.98. The fraction of sp³-hybridized carbons (Fsp3) is 0.615. The smallest absolute Gasteiger partial charge is 0.262 e. The van der Waals surface area contributed by atoms with Gasteiger partial charge in [0.15, 0.2) is 0 Å². The Bertz CT molecular complexity index is 595. The van der Waals surface area contributed by atoms with E-state index in [0.717, 1.165) is 11.3 Å². The topological polar surface area (TPSA) is 72.5 Å². The first-order valence-corrected chi connectivity index (χ1v) is 9.73. The lowest BCUT2D eigenvalue weighted by Gasteiger charge is -2.21. The highest BCUT2D eigenvalue weighted by molar-refractivity contribution is 8.13. The Labute approximate surface area is 134 Å². The molecule has 0 aromatic carbocycles. The lowest BCUT2D eigenvalue weighted by atomic mass is 10.1. The molecule has 1 amide bonds. The number of thiophene rings is 1. The molecule has 0 bridgehead atoms. The van der Waals surface area contributed by atoms with Gasteiger partial charge in [-0.25, -0.2) is 8.42 Å². The SMILES string of the molecule is CCOCC(NC(=O)c1cc(S(=O)(=O)Cl)c(C)s1)C(C)C. The number of rotatable bonds is 7. The van der Waals surface area contributed by atoms with Crippen LogP contribution in [0.15, 0.2) is 11.0 Å². The van der Waals surface area contributed by atoms with E-state index in [1.165, 1.54) is 6.07 Å². The van der Waals surface area contributed by atoms with Crippen LogP contribution in [0.25, 0.3) is 0 Å². The molecule has 21 heavy (non-hydrogen) atoms. The predicted octanol–water partition coefficient (Wildman–Crippen LogP) is 2.77. The summed E-state index contributed by atoms with van der Waals surface area (Å²) in [5.74, 6) is -0.106. The summed E-state index contributed by atoms with van der Waals surface area (Å²) in [5, 5.41) is 2.87. The van der Waals surface area contributed by atoms with E-state index in [0.29, 0.717) is 23.0 Å². The number of carbonyl (C=O) groups excluding carboxylic acids is 1. The number of ether oxygens (including phenoxy) is 1. The lowest BCUT2D eigenvalue weighted by molar-refractivity contribution is 0.0809. The molecule has 0 spiro atoms. The Morgan fingerprint density at radius 1 is 1.48 bits per heavy atom. The lowest BCUT2D eigenvalue weighted by Crippen LogP contribution is -2.41. The number of halogens is 1. The molecule has 1 aromatic rings. The van der Waals surface area contributed by atoms with Crippen molar-refractivity contribution < 1.29 is 17.9 Å². The van der Waals surface area contributed by atoms with Crippen LogP contribution >= 0.6 is 22.0 Å². The van der Waals surface area contributed by atoms with E-state index in [4.69, 9.17) is 15.4 Å². The van der Waals surface area contributed by atoms with E-state index in [9.17, 15) is 13.2 Å². The zero-order valence-electron chi connectivity index (χ0n) is 12.5. The van der Waals surface area contributed by atoms with Gasteiger partial charge >= 0.3 is 0 Å². The molecule has 1 atom stereocenters. The van der Waals surface area contributed by atoms with E-state index >= 15 is 0 Å². The molecule has 1 rings (SSSR count). The van der Waals surface area contributed by atoms with Crippen LogP contribution in [0, 0.1) is 12.8 Å². The van der Waals surface area contributed by atoms with E-state index in [2.05, 4.69) is 5.32 Å². The minimum atomic E-state index is -3.83. The van der Waals surface area contributed by atoms with Crippen molar-refractivity contribution in [2.75, 3.05) is 13.2 Å². The largest absolute Gasteiger partial charge is 0.380 e. The molecular formula is C13H20ClNO4S2. The molecule has 1 N–H and O–H groups in total. The number of amides is 1. The summed E-state index contributed by atoms with van der Waals surface area (Å²) < 4.78 is 28.1. The summed E-state index contributed by atoms with van der Waals surface area (Å²) in [7, 11) is 1.51. The molecule has 1 heterocycles. The maximum atomic E-state index is 12.2. The van der Waals surface area contributed by atoms with Gasteiger partial charge in [0.1, 0.15) is 0 Å². The van der Waals surface area contributed by atoms with Crippen molar-refractivity contribution in [3.63, 3.8) is 0 Å². The number of nitrogens with one attached hydrogen (secondary N) is 1. The van der Waals surface area contributed by atoms with Crippen LogP contribution < -0.4 is 5.32 Å². The summed E-state index contributed by atoms with van der Waals surface area (Å²) in [6, 6.07) is 1.19. The predicted molar refractivity (Wildman–Crippen MR) is 84.7 cm³/mol. The first kappa shape index (κ1) is 18.4. The van der Waals surface area contributed by atoms with Crippen molar-refractivity contribution in [1.29, 1.82) is 0 Å². The molecule has 8 heteroatoms. The normalized spacial score (nSPS) is 13.4. The van der Waals surface area contributed by atoms with E-state index < -0.39 is 9.05 Å². The second-order valence-electron chi connectivity index (χ2n) is 4.95. The Morgan fingerprint density at radius 3 is 2.52 bits per heavy atom. The fourth-order valence-electron chi connectivity index (χ4n) is 1.70. The standard InChI is InChI=1S/C13H20ClNO4S2/c1-5-19-7-10(8(2)3)15-13(16)11-6-12(9(4)20-11)21(14,17)18/h6,8,10H,5,7H2,1-4H3,(H,15,16). The summed E-state index contributed by atoms with van der Waals surface area (Å²) in [4.78, 5) is 13.0. The number of hydrogen-bond donors (Lipinski definition) is 1.